The Morgan fingerprint density at radius 2 is 1.75 bits per heavy atom. The summed E-state index contributed by atoms with van der Waals surface area (Å²) in [5.41, 5.74) is 1.71. The van der Waals surface area contributed by atoms with Crippen LogP contribution in [0.4, 0.5) is 5.69 Å². The summed E-state index contributed by atoms with van der Waals surface area (Å²) in [4.78, 5) is 16.8. The Labute approximate surface area is 145 Å². The van der Waals surface area contributed by atoms with Crippen molar-refractivity contribution in [2.45, 2.75) is 39.2 Å². The Morgan fingerprint density at radius 1 is 1.12 bits per heavy atom. The van der Waals surface area contributed by atoms with E-state index in [1.165, 1.54) is 0 Å². The number of rotatable bonds is 7. The molecule has 1 aliphatic heterocycles. The average molecular weight is 352 g/mol. The van der Waals surface area contributed by atoms with E-state index in [9.17, 15) is 13.2 Å². The van der Waals surface area contributed by atoms with Crippen LogP contribution in [0, 0.1) is 0 Å². The van der Waals surface area contributed by atoms with Gasteiger partial charge in [-0.2, -0.15) is 0 Å². The lowest BCUT2D eigenvalue weighted by atomic mass is 10.1. The average Bonchev–Trinajstić information content (AvgIpc) is 2.92. The molecule has 0 bridgehead atoms. The molecule has 0 spiro atoms. The van der Waals surface area contributed by atoms with E-state index in [-0.39, 0.29) is 23.5 Å². The highest BCUT2D eigenvalue weighted by Gasteiger charge is 2.34. The predicted octanol–water partition coefficient (Wildman–Crippen LogP) is 2.57. The Kier molecular flexibility index (Phi) is 6.27. The molecule has 1 heterocycles. The maximum atomic E-state index is 12.9. The normalized spacial score (nSPS) is 19.2. The molecule has 134 valence electrons. The second-order valence-corrected chi connectivity index (χ2v) is 8.75. The second-order valence-electron chi connectivity index (χ2n) is 6.52. The molecule has 1 aromatic rings. The van der Waals surface area contributed by atoms with E-state index in [0.29, 0.717) is 18.5 Å². The van der Waals surface area contributed by atoms with Crippen molar-refractivity contribution in [2.75, 3.05) is 36.5 Å². The van der Waals surface area contributed by atoms with Crippen molar-refractivity contribution in [3.8, 4) is 0 Å². The fourth-order valence-electron chi connectivity index (χ4n) is 3.20. The molecule has 5 nitrogen and oxygen atoms in total. The van der Waals surface area contributed by atoms with Crippen molar-refractivity contribution in [3.63, 3.8) is 0 Å². The van der Waals surface area contributed by atoms with Gasteiger partial charge in [0.2, 0.25) is 0 Å². The van der Waals surface area contributed by atoms with Crippen molar-refractivity contribution in [1.82, 2.24) is 4.90 Å². The molecule has 0 aromatic heterocycles. The SMILES string of the molecule is CCCN(C)c1ccc(C(=O)N(CCC)C2CCS(=O)(=O)C2)cc1. The molecule has 24 heavy (non-hydrogen) atoms. The fraction of sp³-hybridized carbons (Fsp3) is 0.611. The molecular weight excluding hydrogens is 324 g/mol. The zero-order chi connectivity index (χ0) is 17.7. The van der Waals surface area contributed by atoms with Gasteiger partial charge >= 0.3 is 0 Å². The number of hydrogen-bond donors (Lipinski definition) is 0. The third-order valence-corrected chi connectivity index (χ3v) is 6.24. The van der Waals surface area contributed by atoms with Crippen LogP contribution in [0.15, 0.2) is 24.3 Å². The van der Waals surface area contributed by atoms with Crippen molar-refractivity contribution in [1.29, 1.82) is 0 Å². The largest absolute Gasteiger partial charge is 0.375 e. The lowest BCUT2D eigenvalue weighted by Gasteiger charge is -2.28. The van der Waals surface area contributed by atoms with Gasteiger partial charge < -0.3 is 9.80 Å². The lowest BCUT2D eigenvalue weighted by Crippen LogP contribution is -2.41. The zero-order valence-electron chi connectivity index (χ0n) is 14.9. The van der Waals surface area contributed by atoms with Crippen LogP contribution in [0.3, 0.4) is 0 Å². The first-order valence-corrected chi connectivity index (χ1v) is 10.5. The first-order valence-electron chi connectivity index (χ1n) is 8.70. The van der Waals surface area contributed by atoms with E-state index in [0.717, 1.165) is 25.1 Å². The molecule has 1 aliphatic rings. The maximum Gasteiger partial charge on any atom is 0.254 e. The van der Waals surface area contributed by atoms with E-state index in [4.69, 9.17) is 0 Å². The first-order chi connectivity index (χ1) is 11.4. The maximum absolute atomic E-state index is 12.9. The van der Waals surface area contributed by atoms with E-state index in [1.54, 1.807) is 4.90 Å². The summed E-state index contributed by atoms with van der Waals surface area (Å²) in [5, 5.41) is 0. The summed E-state index contributed by atoms with van der Waals surface area (Å²) < 4.78 is 23.5. The molecule has 1 atom stereocenters. The van der Waals surface area contributed by atoms with Crippen LogP contribution in [-0.2, 0) is 9.84 Å². The van der Waals surface area contributed by atoms with Gasteiger partial charge in [0.05, 0.1) is 11.5 Å². The highest BCUT2D eigenvalue weighted by Crippen LogP contribution is 2.22. The van der Waals surface area contributed by atoms with Gasteiger partial charge in [-0.15, -0.1) is 0 Å². The van der Waals surface area contributed by atoms with E-state index >= 15 is 0 Å². The summed E-state index contributed by atoms with van der Waals surface area (Å²) in [6.45, 7) is 5.70. The Hall–Kier alpha value is -1.56. The molecule has 1 unspecified atom stereocenters. The van der Waals surface area contributed by atoms with Crippen LogP contribution in [0.1, 0.15) is 43.5 Å². The predicted molar refractivity (Wildman–Crippen MR) is 98.4 cm³/mol. The minimum Gasteiger partial charge on any atom is -0.375 e. The standard InChI is InChI=1S/C18H28N2O3S/c1-4-11-19(3)16-8-6-15(7-9-16)18(21)20(12-5-2)17-10-13-24(22,23)14-17/h6-9,17H,4-5,10-14H2,1-3H3. The number of nitrogens with zero attached hydrogens (tertiary/aromatic N) is 2. The topological polar surface area (TPSA) is 57.7 Å². The van der Waals surface area contributed by atoms with Gasteiger partial charge in [-0.25, -0.2) is 8.42 Å². The molecule has 0 N–H and O–H groups in total. The van der Waals surface area contributed by atoms with Crippen LogP contribution in [0.2, 0.25) is 0 Å². The number of benzene rings is 1. The zero-order valence-corrected chi connectivity index (χ0v) is 15.7. The summed E-state index contributed by atoms with van der Waals surface area (Å²) in [6, 6.07) is 7.41. The summed E-state index contributed by atoms with van der Waals surface area (Å²) in [7, 11) is -0.965. The van der Waals surface area contributed by atoms with Crippen LogP contribution in [-0.4, -0.2) is 56.9 Å². The quantitative estimate of drug-likeness (QED) is 0.757. The molecule has 1 aromatic carbocycles. The second kappa shape index (κ2) is 8.01. The number of anilines is 1. The van der Waals surface area contributed by atoms with Gasteiger partial charge in [0.15, 0.2) is 9.84 Å². The van der Waals surface area contributed by atoms with Crippen LogP contribution < -0.4 is 4.90 Å². The summed E-state index contributed by atoms with van der Waals surface area (Å²) in [5.74, 6) is 0.214. The molecule has 2 rings (SSSR count). The van der Waals surface area contributed by atoms with Crippen molar-refractivity contribution in [2.24, 2.45) is 0 Å². The number of sulfone groups is 1. The fourth-order valence-corrected chi connectivity index (χ4v) is 4.93. The van der Waals surface area contributed by atoms with E-state index in [2.05, 4.69) is 11.8 Å². The Bertz CT molecular complexity index is 655. The minimum atomic E-state index is -3.00. The number of carbonyl (C=O) groups excluding carboxylic acids is 1. The van der Waals surface area contributed by atoms with E-state index in [1.807, 2.05) is 38.2 Å². The molecular formula is C18H28N2O3S. The lowest BCUT2D eigenvalue weighted by molar-refractivity contribution is 0.0697. The first kappa shape index (κ1) is 18.8. The van der Waals surface area contributed by atoms with Crippen molar-refractivity contribution in [3.05, 3.63) is 29.8 Å². The van der Waals surface area contributed by atoms with Crippen molar-refractivity contribution < 1.29 is 13.2 Å². The monoisotopic (exact) mass is 352 g/mol. The smallest absolute Gasteiger partial charge is 0.254 e. The highest BCUT2D eigenvalue weighted by atomic mass is 32.2. The Balaban J connectivity index is 2.15. The highest BCUT2D eigenvalue weighted by molar-refractivity contribution is 7.91. The van der Waals surface area contributed by atoms with Gasteiger partial charge in [0.25, 0.3) is 5.91 Å². The third kappa shape index (κ3) is 4.50. The van der Waals surface area contributed by atoms with Gasteiger partial charge in [-0.1, -0.05) is 13.8 Å². The Morgan fingerprint density at radius 3 is 2.25 bits per heavy atom. The van der Waals surface area contributed by atoms with Gasteiger partial charge in [-0.3, -0.25) is 4.79 Å². The molecule has 1 saturated heterocycles. The summed E-state index contributed by atoms with van der Waals surface area (Å²) >= 11 is 0. The van der Waals surface area contributed by atoms with Crippen molar-refractivity contribution >= 4 is 21.4 Å². The van der Waals surface area contributed by atoms with Gasteiger partial charge in [0, 0.05) is 37.4 Å². The molecule has 0 radical (unpaired) electrons. The van der Waals surface area contributed by atoms with Crippen LogP contribution in [0.5, 0.6) is 0 Å². The number of hydrogen-bond acceptors (Lipinski definition) is 4. The van der Waals surface area contributed by atoms with Gasteiger partial charge in [0.1, 0.15) is 0 Å². The van der Waals surface area contributed by atoms with Gasteiger partial charge in [-0.05, 0) is 43.5 Å². The number of amides is 1. The van der Waals surface area contributed by atoms with E-state index < -0.39 is 9.84 Å². The molecule has 1 fully saturated rings. The molecule has 0 aliphatic carbocycles. The molecule has 0 saturated carbocycles. The molecule has 6 heteroatoms. The third-order valence-electron chi connectivity index (χ3n) is 4.49. The van der Waals surface area contributed by atoms with Crippen LogP contribution in [0.25, 0.3) is 0 Å². The number of carbonyl (C=O) groups is 1. The minimum absolute atomic E-state index is 0.0661. The molecule has 1 amide bonds. The summed E-state index contributed by atoms with van der Waals surface area (Å²) in [6.07, 6.45) is 2.43. The van der Waals surface area contributed by atoms with Crippen LogP contribution >= 0.6 is 0 Å².